The summed E-state index contributed by atoms with van der Waals surface area (Å²) in [6.07, 6.45) is 6.63. The van der Waals surface area contributed by atoms with Crippen molar-refractivity contribution in [3.8, 4) is 0 Å². The van der Waals surface area contributed by atoms with Crippen molar-refractivity contribution < 1.29 is 9.59 Å². The molecule has 2 amide bonds. The van der Waals surface area contributed by atoms with Crippen LogP contribution >= 0.6 is 23.5 Å². The number of amides is 2. The van der Waals surface area contributed by atoms with Crippen molar-refractivity contribution in [1.82, 2.24) is 15.5 Å². The summed E-state index contributed by atoms with van der Waals surface area (Å²) in [7, 11) is 0. The maximum Gasteiger partial charge on any atom is 0.248 e. The van der Waals surface area contributed by atoms with Gasteiger partial charge in [-0.15, -0.1) is 11.8 Å². The number of carbonyl (C=O) groups is 2. The molecule has 3 fully saturated rings. The Kier molecular flexibility index (Phi) is 9.05. The first kappa shape index (κ1) is 23.8. The smallest absolute Gasteiger partial charge is 0.248 e. The lowest BCUT2D eigenvalue weighted by molar-refractivity contribution is -0.136. The van der Waals surface area contributed by atoms with Crippen molar-refractivity contribution in [1.29, 1.82) is 0 Å². The molecule has 1 aliphatic carbocycles. The van der Waals surface area contributed by atoms with Gasteiger partial charge in [-0.2, -0.15) is 11.8 Å². The Morgan fingerprint density at radius 2 is 1.84 bits per heavy atom. The molecule has 1 saturated carbocycles. The molecule has 32 heavy (non-hydrogen) atoms. The summed E-state index contributed by atoms with van der Waals surface area (Å²) in [6, 6.07) is 9.90. The number of anilines is 1. The van der Waals surface area contributed by atoms with Crippen molar-refractivity contribution in [2.45, 2.75) is 43.5 Å². The summed E-state index contributed by atoms with van der Waals surface area (Å²) in [5.41, 5.74) is 1.20. The van der Waals surface area contributed by atoms with Crippen molar-refractivity contribution in [3.63, 3.8) is 0 Å². The topological polar surface area (TPSA) is 64.7 Å². The number of nitrogens with one attached hydrogen (secondary N) is 2. The van der Waals surface area contributed by atoms with Gasteiger partial charge in [0.25, 0.3) is 0 Å². The molecule has 2 atom stereocenters. The van der Waals surface area contributed by atoms with E-state index in [0.717, 1.165) is 30.5 Å². The van der Waals surface area contributed by atoms with Crippen molar-refractivity contribution >= 4 is 41.0 Å². The molecule has 4 rings (SSSR count). The van der Waals surface area contributed by atoms with E-state index in [1.54, 1.807) is 11.8 Å². The molecule has 2 aliphatic heterocycles. The fourth-order valence-electron chi connectivity index (χ4n) is 4.67. The number of carbonyl (C=O) groups excluding carboxylic acids is 2. The molecular formula is C24H35N4O2S2. The molecule has 8 heteroatoms. The maximum atomic E-state index is 13.4. The fourth-order valence-corrected chi connectivity index (χ4v) is 6.73. The molecule has 0 aromatic heterocycles. The van der Waals surface area contributed by atoms with E-state index >= 15 is 0 Å². The summed E-state index contributed by atoms with van der Waals surface area (Å²) in [4.78, 5) is 30.4. The van der Waals surface area contributed by atoms with E-state index in [9.17, 15) is 9.59 Å². The maximum absolute atomic E-state index is 13.4. The predicted molar refractivity (Wildman–Crippen MR) is 135 cm³/mol. The second kappa shape index (κ2) is 12.2. The van der Waals surface area contributed by atoms with Crippen LogP contribution in [0.25, 0.3) is 0 Å². The fraction of sp³-hybridized carbons (Fsp3) is 0.625. The SMILES string of the molecule is O=C(N[C@@H](CSCC1CCCCC1)C(=O)N1CCN(c2ccccc2)CC1)C1N[CH]CS1. The van der Waals surface area contributed by atoms with Gasteiger partial charge in [0, 0.05) is 49.9 Å². The molecule has 1 radical (unpaired) electrons. The number of thioether (sulfide) groups is 2. The second-order valence-electron chi connectivity index (χ2n) is 8.83. The van der Waals surface area contributed by atoms with Gasteiger partial charge in [0.15, 0.2) is 0 Å². The number of piperazine rings is 1. The summed E-state index contributed by atoms with van der Waals surface area (Å²) < 4.78 is 0. The van der Waals surface area contributed by atoms with Crippen molar-refractivity contribution in [2.75, 3.05) is 48.3 Å². The minimum absolute atomic E-state index is 0.0641. The predicted octanol–water partition coefficient (Wildman–Crippen LogP) is 2.96. The Bertz CT molecular complexity index is 731. The van der Waals surface area contributed by atoms with Crippen LogP contribution in [0.4, 0.5) is 5.69 Å². The Morgan fingerprint density at radius 3 is 2.53 bits per heavy atom. The Labute approximate surface area is 200 Å². The quantitative estimate of drug-likeness (QED) is 0.603. The zero-order valence-corrected chi connectivity index (χ0v) is 20.3. The lowest BCUT2D eigenvalue weighted by Crippen LogP contribution is -2.57. The highest BCUT2D eigenvalue weighted by molar-refractivity contribution is 8.01. The molecule has 1 aromatic carbocycles. The number of nitrogens with zero attached hydrogens (tertiary/aromatic N) is 2. The van der Waals surface area contributed by atoms with Crippen LogP contribution in [0.15, 0.2) is 30.3 Å². The van der Waals surface area contributed by atoms with E-state index in [4.69, 9.17) is 0 Å². The number of hydrogen-bond donors (Lipinski definition) is 2. The van der Waals surface area contributed by atoms with Gasteiger partial charge < -0.3 is 15.1 Å². The normalized spacial score (nSPS) is 23.2. The largest absolute Gasteiger partial charge is 0.368 e. The van der Waals surface area contributed by atoms with Crippen LogP contribution in [-0.2, 0) is 9.59 Å². The molecule has 1 aromatic rings. The molecule has 2 saturated heterocycles. The summed E-state index contributed by atoms with van der Waals surface area (Å²) in [5.74, 6) is 3.30. The van der Waals surface area contributed by atoms with Crippen LogP contribution in [0.5, 0.6) is 0 Å². The minimum Gasteiger partial charge on any atom is -0.368 e. The van der Waals surface area contributed by atoms with Gasteiger partial charge in [-0.3, -0.25) is 14.9 Å². The third-order valence-electron chi connectivity index (χ3n) is 6.54. The highest BCUT2D eigenvalue weighted by atomic mass is 32.2. The third-order valence-corrected chi connectivity index (χ3v) is 8.86. The van der Waals surface area contributed by atoms with E-state index in [1.807, 2.05) is 29.3 Å². The standard InChI is InChI=1S/C24H35N4O2S2/c29-22(23-25-11-16-32-23)26-21(18-31-17-19-7-3-1-4-8-19)24(30)28-14-12-27(13-15-28)20-9-5-2-6-10-20/h2,5-6,9-11,19,21,23,25H,1,3-4,7-8,12-18H2,(H,26,29)/t21-,23?/m0/s1. The molecule has 6 nitrogen and oxygen atoms in total. The zero-order chi connectivity index (χ0) is 22.2. The molecule has 3 aliphatic rings. The number of para-hydroxylation sites is 1. The summed E-state index contributed by atoms with van der Waals surface area (Å²) >= 11 is 3.40. The molecule has 0 spiro atoms. The average Bonchev–Trinajstić information content (AvgIpc) is 3.40. The van der Waals surface area contributed by atoms with Gasteiger partial charge in [0.05, 0.1) is 0 Å². The Hall–Kier alpha value is -1.38. The van der Waals surface area contributed by atoms with Crippen molar-refractivity contribution in [2.24, 2.45) is 5.92 Å². The summed E-state index contributed by atoms with van der Waals surface area (Å²) in [6.45, 7) is 4.93. The molecule has 2 heterocycles. The lowest BCUT2D eigenvalue weighted by Gasteiger charge is -2.37. The van der Waals surface area contributed by atoms with Gasteiger partial charge in [-0.1, -0.05) is 37.5 Å². The van der Waals surface area contributed by atoms with Gasteiger partial charge >= 0.3 is 0 Å². The minimum atomic E-state index is -0.456. The highest BCUT2D eigenvalue weighted by Crippen LogP contribution is 2.27. The van der Waals surface area contributed by atoms with Crippen molar-refractivity contribution in [3.05, 3.63) is 36.9 Å². The number of rotatable bonds is 8. The average molecular weight is 476 g/mol. The monoisotopic (exact) mass is 475 g/mol. The second-order valence-corrected chi connectivity index (χ2v) is 11.0. The molecule has 175 valence electrons. The van der Waals surface area contributed by atoms with Gasteiger partial charge in [-0.25, -0.2) is 0 Å². The molecule has 0 bridgehead atoms. The van der Waals surface area contributed by atoms with E-state index in [0.29, 0.717) is 18.8 Å². The first-order valence-corrected chi connectivity index (χ1v) is 14.1. The van der Waals surface area contributed by atoms with E-state index < -0.39 is 6.04 Å². The van der Waals surface area contributed by atoms with Crippen LogP contribution in [0.3, 0.4) is 0 Å². The Balaban J connectivity index is 1.32. The van der Waals surface area contributed by atoms with E-state index in [1.165, 1.54) is 37.8 Å². The van der Waals surface area contributed by atoms with Crippen LogP contribution in [0.1, 0.15) is 32.1 Å². The van der Waals surface area contributed by atoms with E-state index in [-0.39, 0.29) is 17.2 Å². The van der Waals surface area contributed by atoms with Crippen LogP contribution in [-0.4, -0.2) is 71.6 Å². The number of benzene rings is 1. The molecule has 1 unspecified atom stereocenters. The summed E-state index contributed by atoms with van der Waals surface area (Å²) in [5, 5.41) is 5.88. The van der Waals surface area contributed by atoms with Crippen LogP contribution in [0.2, 0.25) is 0 Å². The molecule has 2 N–H and O–H groups in total. The third kappa shape index (κ3) is 6.58. The lowest BCUT2D eigenvalue weighted by atomic mass is 9.91. The first-order valence-electron chi connectivity index (χ1n) is 11.9. The highest BCUT2D eigenvalue weighted by Gasteiger charge is 2.32. The van der Waals surface area contributed by atoms with E-state index in [2.05, 4.69) is 39.8 Å². The van der Waals surface area contributed by atoms with Crippen LogP contribution < -0.4 is 15.5 Å². The van der Waals surface area contributed by atoms with Crippen LogP contribution in [0, 0.1) is 12.5 Å². The first-order chi connectivity index (χ1) is 15.7. The number of hydrogen-bond acceptors (Lipinski definition) is 6. The zero-order valence-electron chi connectivity index (χ0n) is 18.7. The molecular weight excluding hydrogens is 440 g/mol. The van der Waals surface area contributed by atoms with Gasteiger partial charge in [0.2, 0.25) is 11.8 Å². The van der Waals surface area contributed by atoms with Gasteiger partial charge in [-0.05, 0) is 36.6 Å². The van der Waals surface area contributed by atoms with Gasteiger partial charge in [0.1, 0.15) is 11.4 Å². The Morgan fingerprint density at radius 1 is 1.09 bits per heavy atom.